The maximum absolute atomic E-state index is 13.5. The Hall–Kier alpha value is -1.72. The average Bonchev–Trinajstić information content (AvgIpc) is 2.34. The van der Waals surface area contributed by atoms with Crippen LogP contribution in [0.3, 0.4) is 0 Å². The second kappa shape index (κ2) is 5.29. The Balaban J connectivity index is 2.23. The summed E-state index contributed by atoms with van der Waals surface area (Å²) in [5, 5.41) is 3.27. The molecule has 0 amide bonds. The molecule has 0 aliphatic heterocycles. The minimum absolute atomic E-state index is 0.262. The molecule has 0 aliphatic carbocycles. The van der Waals surface area contributed by atoms with Gasteiger partial charge >= 0.3 is 0 Å². The van der Waals surface area contributed by atoms with Crippen molar-refractivity contribution < 1.29 is 4.39 Å². The number of nitrogens with zero attached hydrogens (tertiary/aromatic N) is 1. The van der Waals surface area contributed by atoms with Crippen LogP contribution in [0.15, 0.2) is 36.5 Å². The highest BCUT2D eigenvalue weighted by atomic mass is 35.5. The number of aromatic nitrogens is 1. The number of nitrogens with one attached hydrogen (secondary N) is 1. The third-order valence-corrected chi connectivity index (χ3v) is 2.71. The Morgan fingerprint density at radius 2 is 2.11 bits per heavy atom. The highest BCUT2D eigenvalue weighted by molar-refractivity contribution is 7.80. The second-order valence-electron chi connectivity index (χ2n) is 3.55. The summed E-state index contributed by atoms with van der Waals surface area (Å²) in [7, 11) is 0. The molecule has 92 valence electrons. The first kappa shape index (κ1) is 12.7. The predicted molar refractivity (Wildman–Crippen MR) is 74.8 cm³/mol. The van der Waals surface area contributed by atoms with Crippen molar-refractivity contribution in [2.75, 3.05) is 5.32 Å². The number of anilines is 2. The summed E-state index contributed by atoms with van der Waals surface area (Å²) in [5.41, 5.74) is 6.37. The van der Waals surface area contributed by atoms with Gasteiger partial charge in [0.25, 0.3) is 0 Å². The van der Waals surface area contributed by atoms with Crippen molar-refractivity contribution >= 4 is 40.3 Å². The number of pyridine rings is 1. The van der Waals surface area contributed by atoms with Crippen LogP contribution in [0, 0.1) is 5.82 Å². The molecule has 3 nitrogen and oxygen atoms in total. The van der Waals surface area contributed by atoms with Crippen LogP contribution in [0.5, 0.6) is 0 Å². The fourth-order valence-electron chi connectivity index (χ4n) is 1.34. The van der Waals surface area contributed by atoms with Gasteiger partial charge in [0.15, 0.2) is 0 Å². The first-order valence-electron chi connectivity index (χ1n) is 5.04. The summed E-state index contributed by atoms with van der Waals surface area (Å²) in [6.07, 6.45) is 1.52. The van der Waals surface area contributed by atoms with E-state index in [-0.39, 0.29) is 10.7 Å². The number of halogens is 2. The lowest BCUT2D eigenvalue weighted by atomic mass is 10.2. The third kappa shape index (κ3) is 2.94. The molecule has 2 rings (SSSR count). The number of thiocarbonyl (C=S) groups is 1. The Kier molecular flexibility index (Phi) is 3.74. The predicted octanol–water partition coefficient (Wildman–Crippen LogP) is 3.25. The van der Waals surface area contributed by atoms with E-state index in [1.54, 1.807) is 12.1 Å². The van der Waals surface area contributed by atoms with Gasteiger partial charge < -0.3 is 11.1 Å². The van der Waals surface area contributed by atoms with Crippen molar-refractivity contribution in [1.29, 1.82) is 0 Å². The molecule has 0 saturated carbocycles. The lowest BCUT2D eigenvalue weighted by molar-refractivity contribution is 0.632. The van der Waals surface area contributed by atoms with E-state index in [1.165, 1.54) is 24.4 Å². The van der Waals surface area contributed by atoms with Crippen LogP contribution < -0.4 is 11.1 Å². The molecular weight excluding hydrogens is 273 g/mol. The molecule has 0 saturated heterocycles. The Labute approximate surface area is 114 Å². The highest BCUT2D eigenvalue weighted by Crippen LogP contribution is 2.22. The van der Waals surface area contributed by atoms with Gasteiger partial charge in [-0.3, -0.25) is 0 Å². The molecule has 1 aromatic carbocycles. The summed E-state index contributed by atoms with van der Waals surface area (Å²) in [5.74, 6) is 0.0794. The first-order valence-corrected chi connectivity index (χ1v) is 5.83. The van der Waals surface area contributed by atoms with Crippen LogP contribution >= 0.6 is 23.8 Å². The molecule has 0 aliphatic rings. The number of rotatable bonds is 3. The maximum atomic E-state index is 13.5. The molecule has 3 N–H and O–H groups in total. The molecule has 0 fully saturated rings. The Bertz CT molecular complexity index is 586. The van der Waals surface area contributed by atoms with Crippen LogP contribution in [0.1, 0.15) is 5.56 Å². The van der Waals surface area contributed by atoms with E-state index in [4.69, 9.17) is 29.6 Å². The van der Waals surface area contributed by atoms with Gasteiger partial charge in [-0.15, -0.1) is 0 Å². The Morgan fingerprint density at radius 3 is 2.72 bits per heavy atom. The molecule has 0 spiro atoms. The molecule has 0 radical (unpaired) electrons. The zero-order chi connectivity index (χ0) is 13.1. The third-order valence-electron chi connectivity index (χ3n) is 2.24. The normalized spacial score (nSPS) is 10.1. The zero-order valence-corrected chi connectivity index (χ0v) is 10.7. The largest absolute Gasteiger partial charge is 0.389 e. The van der Waals surface area contributed by atoms with Gasteiger partial charge in [-0.05, 0) is 30.3 Å². The molecule has 0 atom stereocenters. The summed E-state index contributed by atoms with van der Waals surface area (Å²) < 4.78 is 13.5. The van der Waals surface area contributed by atoms with Gasteiger partial charge in [0.2, 0.25) is 0 Å². The summed E-state index contributed by atoms with van der Waals surface area (Å²) in [6, 6.07) is 7.62. The highest BCUT2D eigenvalue weighted by Gasteiger charge is 2.04. The summed E-state index contributed by atoms with van der Waals surface area (Å²) >= 11 is 10.6. The maximum Gasteiger partial charge on any atom is 0.146 e. The van der Waals surface area contributed by atoms with E-state index in [9.17, 15) is 4.39 Å². The fourth-order valence-corrected chi connectivity index (χ4v) is 1.64. The van der Waals surface area contributed by atoms with Crippen molar-refractivity contribution in [3.63, 3.8) is 0 Å². The molecule has 18 heavy (non-hydrogen) atoms. The minimum Gasteiger partial charge on any atom is -0.389 e. The molecule has 0 unspecified atom stereocenters. The number of hydrogen-bond acceptors (Lipinski definition) is 3. The molecular formula is C12H9ClFN3S. The summed E-state index contributed by atoms with van der Waals surface area (Å²) in [4.78, 5) is 4.34. The van der Waals surface area contributed by atoms with E-state index >= 15 is 0 Å². The van der Waals surface area contributed by atoms with Crippen molar-refractivity contribution in [2.24, 2.45) is 5.73 Å². The lowest BCUT2D eigenvalue weighted by Gasteiger charge is -2.07. The van der Waals surface area contributed by atoms with E-state index in [0.717, 1.165) is 0 Å². The van der Waals surface area contributed by atoms with E-state index in [2.05, 4.69) is 10.3 Å². The quantitative estimate of drug-likeness (QED) is 0.848. The van der Waals surface area contributed by atoms with Gasteiger partial charge in [-0.1, -0.05) is 23.8 Å². The van der Waals surface area contributed by atoms with Gasteiger partial charge in [0.1, 0.15) is 16.6 Å². The van der Waals surface area contributed by atoms with Crippen LogP contribution in [0.4, 0.5) is 15.9 Å². The van der Waals surface area contributed by atoms with E-state index in [0.29, 0.717) is 16.4 Å². The second-order valence-corrected chi connectivity index (χ2v) is 4.42. The standard InChI is InChI=1S/C12H9ClFN3S/c13-8-2-3-9(14)10(5-8)17-11-4-1-7(6-16-11)12(15)18/h1-6H,(H2,15,18)(H,16,17). The number of nitrogens with two attached hydrogens (primary N) is 1. The lowest BCUT2D eigenvalue weighted by Crippen LogP contribution is -2.09. The zero-order valence-electron chi connectivity index (χ0n) is 9.15. The van der Waals surface area contributed by atoms with Crippen molar-refractivity contribution in [3.05, 3.63) is 52.9 Å². The fraction of sp³-hybridized carbons (Fsp3) is 0. The molecule has 0 bridgehead atoms. The van der Waals surface area contributed by atoms with Crippen LogP contribution in [0.2, 0.25) is 5.02 Å². The average molecular weight is 282 g/mol. The smallest absolute Gasteiger partial charge is 0.146 e. The topological polar surface area (TPSA) is 50.9 Å². The van der Waals surface area contributed by atoms with Crippen LogP contribution in [0.25, 0.3) is 0 Å². The Morgan fingerprint density at radius 1 is 1.33 bits per heavy atom. The molecule has 1 heterocycles. The van der Waals surface area contributed by atoms with Crippen molar-refractivity contribution in [3.8, 4) is 0 Å². The minimum atomic E-state index is -0.403. The monoisotopic (exact) mass is 281 g/mol. The van der Waals surface area contributed by atoms with E-state index < -0.39 is 5.82 Å². The SMILES string of the molecule is NC(=S)c1ccc(Nc2cc(Cl)ccc2F)nc1. The van der Waals surface area contributed by atoms with Crippen molar-refractivity contribution in [2.45, 2.75) is 0 Å². The number of benzene rings is 1. The molecule has 2 aromatic rings. The number of hydrogen-bond donors (Lipinski definition) is 2. The van der Waals surface area contributed by atoms with E-state index in [1.807, 2.05) is 0 Å². The van der Waals surface area contributed by atoms with Gasteiger partial charge in [-0.25, -0.2) is 9.37 Å². The molecule has 1 aromatic heterocycles. The van der Waals surface area contributed by atoms with Crippen LogP contribution in [-0.2, 0) is 0 Å². The van der Waals surface area contributed by atoms with Gasteiger partial charge in [0.05, 0.1) is 5.69 Å². The van der Waals surface area contributed by atoms with Crippen molar-refractivity contribution in [1.82, 2.24) is 4.98 Å². The first-order chi connectivity index (χ1) is 8.56. The summed E-state index contributed by atoms with van der Waals surface area (Å²) in [6.45, 7) is 0. The molecule has 6 heteroatoms. The van der Waals surface area contributed by atoms with Crippen LogP contribution in [-0.4, -0.2) is 9.97 Å². The van der Waals surface area contributed by atoms with Gasteiger partial charge in [-0.2, -0.15) is 0 Å². The van der Waals surface area contributed by atoms with Gasteiger partial charge in [0, 0.05) is 16.8 Å².